The first kappa shape index (κ1) is 13.1. The van der Waals surface area contributed by atoms with Gasteiger partial charge >= 0.3 is 0 Å². The molecule has 0 aliphatic heterocycles. The minimum Gasteiger partial charge on any atom is -0.323 e. The highest BCUT2D eigenvalue weighted by Crippen LogP contribution is 2.42. The van der Waals surface area contributed by atoms with Gasteiger partial charge in [-0.25, -0.2) is 0 Å². The van der Waals surface area contributed by atoms with Crippen molar-refractivity contribution in [3.8, 4) is 6.07 Å². The second kappa shape index (κ2) is 4.74. The molecule has 94 valence electrons. The predicted octanol–water partition coefficient (Wildman–Crippen LogP) is 3.70. The molecule has 2 rings (SSSR count). The van der Waals surface area contributed by atoms with E-state index in [4.69, 9.17) is 5.26 Å². The van der Waals surface area contributed by atoms with Crippen molar-refractivity contribution in [2.45, 2.75) is 33.1 Å². The second-order valence-electron chi connectivity index (χ2n) is 4.94. The van der Waals surface area contributed by atoms with E-state index in [9.17, 15) is 4.79 Å². The van der Waals surface area contributed by atoms with Gasteiger partial charge in [-0.15, -0.1) is 0 Å². The molecule has 0 heterocycles. The lowest BCUT2D eigenvalue weighted by Crippen LogP contribution is -2.40. The molecule has 0 saturated heterocycles. The van der Waals surface area contributed by atoms with Crippen LogP contribution in [0.25, 0.3) is 0 Å². The lowest BCUT2D eigenvalue weighted by molar-refractivity contribution is -0.126. The van der Waals surface area contributed by atoms with Gasteiger partial charge in [0, 0.05) is 4.47 Å². The van der Waals surface area contributed by atoms with Crippen LogP contribution < -0.4 is 5.32 Å². The van der Waals surface area contributed by atoms with Crippen molar-refractivity contribution in [2.24, 2.45) is 5.41 Å². The van der Waals surface area contributed by atoms with E-state index in [0.717, 1.165) is 27.7 Å². The zero-order valence-electron chi connectivity index (χ0n) is 10.5. The van der Waals surface area contributed by atoms with Crippen molar-refractivity contribution in [1.29, 1.82) is 5.26 Å². The van der Waals surface area contributed by atoms with E-state index in [0.29, 0.717) is 12.8 Å². The molecule has 0 spiro atoms. The molecular formula is C14H15BrN2O. The van der Waals surface area contributed by atoms with Crippen molar-refractivity contribution < 1.29 is 4.79 Å². The fourth-order valence-electron chi connectivity index (χ4n) is 2.23. The van der Waals surface area contributed by atoms with Crippen LogP contribution in [0.4, 0.5) is 5.69 Å². The number of amides is 1. The molecule has 0 bridgehead atoms. The van der Waals surface area contributed by atoms with Crippen LogP contribution in [0.5, 0.6) is 0 Å². The number of anilines is 1. The van der Waals surface area contributed by atoms with Gasteiger partial charge in [-0.1, -0.05) is 6.07 Å². The number of carbonyl (C=O) groups excluding carboxylic acids is 1. The van der Waals surface area contributed by atoms with Gasteiger partial charge < -0.3 is 5.32 Å². The number of benzene rings is 1. The highest BCUT2D eigenvalue weighted by atomic mass is 79.9. The monoisotopic (exact) mass is 306 g/mol. The number of nitrogens with one attached hydrogen (secondary N) is 1. The van der Waals surface area contributed by atoms with Gasteiger partial charge in [-0.05, 0) is 66.2 Å². The Morgan fingerprint density at radius 3 is 2.56 bits per heavy atom. The predicted molar refractivity (Wildman–Crippen MR) is 74.1 cm³/mol. The van der Waals surface area contributed by atoms with Crippen molar-refractivity contribution in [1.82, 2.24) is 0 Å². The van der Waals surface area contributed by atoms with Gasteiger partial charge in [0.15, 0.2) is 0 Å². The van der Waals surface area contributed by atoms with Crippen LogP contribution in [-0.4, -0.2) is 5.91 Å². The van der Waals surface area contributed by atoms with Crippen LogP contribution >= 0.6 is 15.9 Å². The Balaban J connectivity index is 2.25. The van der Waals surface area contributed by atoms with Crippen molar-refractivity contribution in [3.05, 3.63) is 27.7 Å². The summed E-state index contributed by atoms with van der Waals surface area (Å²) in [6.07, 6.45) is 2.28. The summed E-state index contributed by atoms with van der Waals surface area (Å²) in [7, 11) is 0. The minimum absolute atomic E-state index is 0.177. The molecule has 1 aromatic carbocycles. The van der Waals surface area contributed by atoms with E-state index in [1.165, 1.54) is 0 Å². The third-order valence-corrected chi connectivity index (χ3v) is 4.15. The summed E-state index contributed by atoms with van der Waals surface area (Å²) in [5.74, 6) is -0.177. The molecule has 0 radical (unpaired) electrons. The van der Waals surface area contributed by atoms with Crippen LogP contribution in [0.2, 0.25) is 0 Å². The third-order valence-electron chi connectivity index (χ3n) is 3.53. The van der Waals surface area contributed by atoms with E-state index >= 15 is 0 Å². The van der Waals surface area contributed by atoms with Gasteiger partial charge in [0.05, 0.1) is 11.8 Å². The van der Waals surface area contributed by atoms with Gasteiger partial charge in [0.2, 0.25) is 5.91 Å². The molecule has 1 amide bonds. The SMILES string of the molecule is Cc1cc(C)c(NC(=O)C2(C#N)CCC2)c(Br)c1. The van der Waals surface area contributed by atoms with Gasteiger partial charge in [0.1, 0.15) is 5.41 Å². The number of nitrogens with zero attached hydrogens (tertiary/aromatic N) is 1. The fourth-order valence-corrected chi connectivity index (χ4v) is 3.00. The summed E-state index contributed by atoms with van der Waals surface area (Å²) in [5, 5.41) is 12.0. The molecule has 1 fully saturated rings. The zero-order chi connectivity index (χ0) is 13.3. The molecule has 1 N–H and O–H groups in total. The highest BCUT2D eigenvalue weighted by Gasteiger charge is 2.44. The molecule has 1 aliphatic carbocycles. The Morgan fingerprint density at radius 1 is 1.44 bits per heavy atom. The summed E-state index contributed by atoms with van der Waals surface area (Å²) in [4.78, 5) is 12.2. The first-order chi connectivity index (χ1) is 8.48. The highest BCUT2D eigenvalue weighted by molar-refractivity contribution is 9.10. The molecule has 1 aliphatic rings. The number of aryl methyl sites for hydroxylation is 2. The maximum Gasteiger partial charge on any atom is 0.244 e. The first-order valence-electron chi connectivity index (χ1n) is 5.98. The van der Waals surface area contributed by atoms with Gasteiger partial charge in [-0.3, -0.25) is 4.79 Å². The van der Waals surface area contributed by atoms with E-state index in [1.54, 1.807) is 0 Å². The van der Waals surface area contributed by atoms with Gasteiger partial charge in [0.25, 0.3) is 0 Å². The molecule has 1 saturated carbocycles. The van der Waals surface area contributed by atoms with Crippen LogP contribution in [0.1, 0.15) is 30.4 Å². The van der Waals surface area contributed by atoms with Crippen LogP contribution in [0.3, 0.4) is 0 Å². The van der Waals surface area contributed by atoms with Crippen LogP contribution in [0.15, 0.2) is 16.6 Å². The van der Waals surface area contributed by atoms with Crippen molar-refractivity contribution in [3.63, 3.8) is 0 Å². The maximum absolute atomic E-state index is 12.2. The van der Waals surface area contributed by atoms with Crippen molar-refractivity contribution in [2.75, 3.05) is 5.32 Å². The molecular weight excluding hydrogens is 292 g/mol. The lowest BCUT2D eigenvalue weighted by Gasteiger charge is -2.33. The third kappa shape index (κ3) is 2.15. The maximum atomic E-state index is 12.2. The van der Waals surface area contributed by atoms with Crippen LogP contribution in [0, 0.1) is 30.6 Å². The molecule has 18 heavy (non-hydrogen) atoms. The average molecular weight is 307 g/mol. The standard InChI is InChI=1S/C14H15BrN2O/c1-9-6-10(2)12(11(15)7-9)17-13(18)14(8-16)4-3-5-14/h6-7H,3-5H2,1-2H3,(H,17,18). The fraction of sp³-hybridized carbons (Fsp3) is 0.429. The Labute approximate surface area is 115 Å². The normalized spacial score (nSPS) is 16.6. The Hall–Kier alpha value is -1.34. The molecule has 0 unspecified atom stereocenters. The molecule has 4 heteroatoms. The molecule has 0 aromatic heterocycles. The largest absolute Gasteiger partial charge is 0.323 e. The number of carbonyl (C=O) groups is 1. The molecule has 3 nitrogen and oxygen atoms in total. The van der Waals surface area contributed by atoms with E-state index < -0.39 is 5.41 Å². The van der Waals surface area contributed by atoms with Gasteiger partial charge in [-0.2, -0.15) is 5.26 Å². The number of nitriles is 1. The van der Waals surface area contributed by atoms with E-state index in [-0.39, 0.29) is 5.91 Å². The van der Waals surface area contributed by atoms with E-state index in [2.05, 4.69) is 27.3 Å². The number of halogens is 1. The Morgan fingerprint density at radius 2 is 2.11 bits per heavy atom. The summed E-state index contributed by atoms with van der Waals surface area (Å²) >= 11 is 3.46. The summed E-state index contributed by atoms with van der Waals surface area (Å²) in [5.41, 5.74) is 2.10. The van der Waals surface area contributed by atoms with Crippen LogP contribution in [-0.2, 0) is 4.79 Å². The number of hydrogen-bond donors (Lipinski definition) is 1. The molecule has 1 aromatic rings. The smallest absolute Gasteiger partial charge is 0.244 e. The molecule has 0 atom stereocenters. The summed E-state index contributed by atoms with van der Waals surface area (Å²) < 4.78 is 0.862. The second-order valence-corrected chi connectivity index (χ2v) is 5.79. The zero-order valence-corrected chi connectivity index (χ0v) is 12.1. The number of hydrogen-bond acceptors (Lipinski definition) is 2. The Kier molecular flexibility index (Phi) is 3.45. The Bertz CT molecular complexity index is 518. The minimum atomic E-state index is -0.809. The number of rotatable bonds is 2. The topological polar surface area (TPSA) is 52.9 Å². The lowest BCUT2D eigenvalue weighted by atomic mass is 9.69. The summed E-state index contributed by atoms with van der Waals surface area (Å²) in [6, 6.07) is 6.13. The summed E-state index contributed by atoms with van der Waals surface area (Å²) in [6.45, 7) is 3.96. The van der Waals surface area contributed by atoms with E-state index in [1.807, 2.05) is 26.0 Å². The van der Waals surface area contributed by atoms with Crippen molar-refractivity contribution >= 4 is 27.5 Å². The first-order valence-corrected chi connectivity index (χ1v) is 6.77. The average Bonchev–Trinajstić information content (AvgIpc) is 2.22. The quantitative estimate of drug-likeness (QED) is 0.905.